The van der Waals surface area contributed by atoms with Gasteiger partial charge in [-0.15, -0.1) is 0 Å². The number of hydrogen-bond acceptors (Lipinski definition) is 5. The van der Waals surface area contributed by atoms with E-state index >= 15 is 0 Å². The van der Waals surface area contributed by atoms with E-state index in [-0.39, 0.29) is 18.0 Å². The SMILES string of the molecule is CCCOC(=O)[C@H]1[C@H]2C(=O)N(CCCOC)C[C@]23C=C[C@H]1O3. The van der Waals surface area contributed by atoms with Gasteiger partial charge in [-0.25, -0.2) is 0 Å². The number of fused-ring (bicyclic) bond motifs is 1. The zero-order chi connectivity index (χ0) is 15.7. The van der Waals surface area contributed by atoms with Gasteiger partial charge in [0.1, 0.15) is 11.5 Å². The van der Waals surface area contributed by atoms with E-state index in [1.807, 2.05) is 19.1 Å². The molecule has 0 unspecified atom stereocenters. The van der Waals surface area contributed by atoms with Gasteiger partial charge in [-0.2, -0.15) is 0 Å². The van der Waals surface area contributed by atoms with Gasteiger partial charge in [0.2, 0.25) is 5.91 Å². The highest BCUT2D eigenvalue weighted by Gasteiger charge is 2.67. The molecule has 6 nitrogen and oxygen atoms in total. The van der Waals surface area contributed by atoms with E-state index in [1.54, 1.807) is 12.0 Å². The highest BCUT2D eigenvalue weighted by Crippen LogP contribution is 2.52. The van der Waals surface area contributed by atoms with Crippen molar-refractivity contribution in [3.8, 4) is 0 Å². The zero-order valence-corrected chi connectivity index (χ0v) is 13.1. The molecule has 3 aliphatic rings. The molecule has 0 radical (unpaired) electrons. The van der Waals surface area contributed by atoms with Crippen molar-refractivity contribution >= 4 is 11.9 Å². The van der Waals surface area contributed by atoms with Crippen molar-refractivity contribution in [2.24, 2.45) is 11.8 Å². The van der Waals surface area contributed by atoms with Gasteiger partial charge in [-0.3, -0.25) is 9.59 Å². The third kappa shape index (κ3) is 2.34. The molecule has 0 aliphatic carbocycles. The van der Waals surface area contributed by atoms with E-state index in [4.69, 9.17) is 14.2 Å². The van der Waals surface area contributed by atoms with E-state index < -0.39 is 17.4 Å². The molecule has 0 aromatic heterocycles. The Labute approximate surface area is 130 Å². The first-order chi connectivity index (χ1) is 10.6. The van der Waals surface area contributed by atoms with Gasteiger partial charge in [-0.1, -0.05) is 19.1 Å². The molecule has 2 bridgehead atoms. The maximum absolute atomic E-state index is 12.7. The van der Waals surface area contributed by atoms with Gasteiger partial charge in [0.15, 0.2) is 0 Å². The standard InChI is InChI=1S/C16H23NO5/c1-3-8-21-15(19)12-11-5-6-16(22-11)10-17(7-4-9-20-2)14(18)13(12)16/h5-6,11-13H,3-4,7-10H2,1-2H3/t11-,12-,13+,16-/m1/s1. The fourth-order valence-electron chi connectivity index (χ4n) is 3.74. The summed E-state index contributed by atoms with van der Waals surface area (Å²) in [6.45, 7) is 4.10. The highest BCUT2D eigenvalue weighted by atomic mass is 16.6. The molecule has 3 heterocycles. The van der Waals surface area contributed by atoms with Gasteiger partial charge in [0.25, 0.3) is 0 Å². The number of amides is 1. The molecule has 2 saturated heterocycles. The summed E-state index contributed by atoms with van der Waals surface area (Å²) in [6.07, 6.45) is 5.09. The molecule has 22 heavy (non-hydrogen) atoms. The Kier molecular flexibility index (Phi) is 4.23. The van der Waals surface area contributed by atoms with Crippen LogP contribution in [-0.4, -0.2) is 61.9 Å². The molecule has 3 rings (SSSR count). The van der Waals surface area contributed by atoms with Crippen LogP contribution >= 0.6 is 0 Å². The topological polar surface area (TPSA) is 65.1 Å². The molecule has 0 N–H and O–H groups in total. The van der Waals surface area contributed by atoms with Crippen LogP contribution in [0, 0.1) is 11.8 Å². The predicted molar refractivity (Wildman–Crippen MR) is 78.0 cm³/mol. The molecule has 1 amide bonds. The van der Waals surface area contributed by atoms with Gasteiger partial charge >= 0.3 is 5.97 Å². The maximum atomic E-state index is 12.7. The molecule has 1 spiro atoms. The lowest BCUT2D eigenvalue weighted by molar-refractivity contribution is -0.153. The third-order valence-electron chi connectivity index (χ3n) is 4.68. The molecule has 122 valence electrons. The smallest absolute Gasteiger partial charge is 0.312 e. The minimum atomic E-state index is -0.634. The van der Waals surface area contributed by atoms with E-state index in [0.29, 0.717) is 26.3 Å². The number of hydrogen-bond donors (Lipinski definition) is 0. The Hall–Kier alpha value is -1.40. The number of methoxy groups -OCH3 is 1. The molecular formula is C16H23NO5. The molecule has 3 aliphatic heterocycles. The monoisotopic (exact) mass is 309 g/mol. The highest BCUT2D eigenvalue weighted by molar-refractivity contribution is 5.91. The maximum Gasteiger partial charge on any atom is 0.312 e. The minimum absolute atomic E-state index is 0.00130. The van der Waals surface area contributed by atoms with Gasteiger partial charge < -0.3 is 19.1 Å². The number of carbonyl (C=O) groups is 2. The largest absolute Gasteiger partial charge is 0.465 e. The molecular weight excluding hydrogens is 286 g/mol. The van der Waals surface area contributed by atoms with Gasteiger partial charge in [0, 0.05) is 20.3 Å². The Bertz CT molecular complexity index is 491. The van der Waals surface area contributed by atoms with Crippen molar-refractivity contribution in [2.75, 3.05) is 33.4 Å². The lowest BCUT2D eigenvalue weighted by Gasteiger charge is -2.22. The summed E-state index contributed by atoms with van der Waals surface area (Å²) in [6, 6.07) is 0. The van der Waals surface area contributed by atoms with E-state index in [2.05, 4.69) is 0 Å². The van der Waals surface area contributed by atoms with Crippen LogP contribution in [0.25, 0.3) is 0 Å². The van der Waals surface area contributed by atoms with E-state index in [9.17, 15) is 9.59 Å². The Morgan fingerprint density at radius 1 is 1.50 bits per heavy atom. The number of ether oxygens (including phenoxy) is 3. The Morgan fingerprint density at radius 2 is 2.32 bits per heavy atom. The molecule has 0 aromatic carbocycles. The summed E-state index contributed by atoms with van der Waals surface area (Å²) in [7, 11) is 1.65. The third-order valence-corrected chi connectivity index (χ3v) is 4.68. The fraction of sp³-hybridized carbons (Fsp3) is 0.750. The number of esters is 1. The summed E-state index contributed by atoms with van der Waals surface area (Å²) in [4.78, 5) is 26.8. The first-order valence-corrected chi connectivity index (χ1v) is 7.94. The lowest BCUT2D eigenvalue weighted by Crippen LogP contribution is -2.40. The van der Waals surface area contributed by atoms with Crippen LogP contribution in [0.4, 0.5) is 0 Å². The summed E-state index contributed by atoms with van der Waals surface area (Å²) < 4.78 is 16.3. The van der Waals surface area contributed by atoms with Crippen molar-refractivity contribution in [3.05, 3.63) is 12.2 Å². The molecule has 2 fully saturated rings. The number of carbonyl (C=O) groups excluding carboxylic acids is 2. The fourth-order valence-corrected chi connectivity index (χ4v) is 3.74. The first-order valence-electron chi connectivity index (χ1n) is 7.94. The molecule has 6 heteroatoms. The van der Waals surface area contributed by atoms with E-state index in [1.165, 1.54) is 0 Å². The number of rotatable bonds is 7. The molecule has 0 aromatic rings. The van der Waals surface area contributed by atoms with Crippen LogP contribution in [0.15, 0.2) is 12.2 Å². The Morgan fingerprint density at radius 3 is 3.05 bits per heavy atom. The van der Waals surface area contributed by atoms with E-state index in [0.717, 1.165) is 12.8 Å². The number of likely N-dealkylation sites (tertiary alicyclic amines) is 1. The number of nitrogens with zero attached hydrogens (tertiary/aromatic N) is 1. The van der Waals surface area contributed by atoms with Crippen LogP contribution in [0.3, 0.4) is 0 Å². The van der Waals surface area contributed by atoms with Crippen LogP contribution < -0.4 is 0 Å². The summed E-state index contributed by atoms with van der Waals surface area (Å²) >= 11 is 0. The second kappa shape index (κ2) is 6.01. The predicted octanol–water partition coefficient (Wildman–Crippen LogP) is 0.758. The second-order valence-corrected chi connectivity index (χ2v) is 6.17. The van der Waals surface area contributed by atoms with Crippen LogP contribution in [0.5, 0.6) is 0 Å². The summed E-state index contributed by atoms with van der Waals surface area (Å²) in [5.41, 5.74) is -0.634. The summed E-state index contributed by atoms with van der Waals surface area (Å²) in [5, 5.41) is 0. The van der Waals surface area contributed by atoms with Crippen LogP contribution in [0.1, 0.15) is 19.8 Å². The van der Waals surface area contributed by atoms with Crippen LogP contribution in [0.2, 0.25) is 0 Å². The Balaban J connectivity index is 1.73. The van der Waals surface area contributed by atoms with Crippen molar-refractivity contribution < 1.29 is 23.8 Å². The quantitative estimate of drug-likeness (QED) is 0.395. The van der Waals surface area contributed by atoms with Crippen molar-refractivity contribution in [1.82, 2.24) is 4.90 Å². The summed E-state index contributed by atoms with van der Waals surface area (Å²) in [5.74, 6) is -1.25. The lowest BCUT2D eigenvalue weighted by atomic mass is 9.77. The van der Waals surface area contributed by atoms with Crippen molar-refractivity contribution in [1.29, 1.82) is 0 Å². The van der Waals surface area contributed by atoms with Crippen LogP contribution in [-0.2, 0) is 23.8 Å². The van der Waals surface area contributed by atoms with Crippen molar-refractivity contribution in [2.45, 2.75) is 31.5 Å². The molecule has 4 atom stereocenters. The average Bonchev–Trinajstić information content (AvgIpc) is 3.14. The van der Waals surface area contributed by atoms with Gasteiger partial charge in [-0.05, 0) is 12.8 Å². The molecule has 0 saturated carbocycles. The normalized spacial score (nSPS) is 35.3. The average molecular weight is 309 g/mol. The zero-order valence-electron chi connectivity index (χ0n) is 13.1. The van der Waals surface area contributed by atoms with Crippen molar-refractivity contribution in [3.63, 3.8) is 0 Å². The first kappa shape index (κ1) is 15.5. The minimum Gasteiger partial charge on any atom is -0.465 e. The second-order valence-electron chi connectivity index (χ2n) is 6.17. The van der Waals surface area contributed by atoms with Gasteiger partial charge in [0.05, 0.1) is 25.2 Å².